The molecular formula is C16H32N4S. The van der Waals surface area contributed by atoms with Crippen LogP contribution in [0.25, 0.3) is 0 Å². The molecule has 0 aliphatic carbocycles. The number of hydrogen-bond acceptors (Lipinski definition) is 5. The Hall–Kier alpha value is -0.650. The molecule has 0 aliphatic heterocycles. The third-order valence-electron chi connectivity index (χ3n) is 3.76. The topological polar surface area (TPSA) is 31.4 Å². The zero-order valence-electron chi connectivity index (χ0n) is 14.6. The van der Waals surface area contributed by atoms with Crippen LogP contribution < -0.4 is 10.2 Å². The second kappa shape index (κ2) is 9.38. The molecule has 0 aliphatic rings. The van der Waals surface area contributed by atoms with Crippen molar-refractivity contribution in [3.05, 3.63) is 10.6 Å². The van der Waals surface area contributed by atoms with E-state index >= 15 is 0 Å². The van der Waals surface area contributed by atoms with Crippen LogP contribution in [0.3, 0.4) is 0 Å². The molecule has 0 aromatic carbocycles. The first kappa shape index (κ1) is 18.4. The second-order valence-corrected chi connectivity index (χ2v) is 7.03. The van der Waals surface area contributed by atoms with Crippen LogP contribution in [-0.4, -0.2) is 50.7 Å². The van der Waals surface area contributed by atoms with E-state index in [1.807, 2.05) is 11.3 Å². The van der Waals surface area contributed by atoms with E-state index in [0.29, 0.717) is 5.92 Å². The van der Waals surface area contributed by atoms with Crippen LogP contribution in [0.1, 0.15) is 50.1 Å². The summed E-state index contributed by atoms with van der Waals surface area (Å²) in [5.41, 5.74) is 1.29. The van der Waals surface area contributed by atoms with Crippen LogP contribution in [0.4, 0.5) is 5.13 Å². The van der Waals surface area contributed by atoms with Gasteiger partial charge < -0.3 is 15.1 Å². The van der Waals surface area contributed by atoms with Gasteiger partial charge in [0.2, 0.25) is 0 Å². The molecule has 1 heterocycles. The van der Waals surface area contributed by atoms with Crippen molar-refractivity contribution in [1.82, 2.24) is 15.2 Å². The molecule has 5 heteroatoms. The van der Waals surface area contributed by atoms with E-state index in [-0.39, 0.29) is 0 Å². The number of nitrogens with one attached hydrogen (secondary N) is 1. The van der Waals surface area contributed by atoms with Crippen molar-refractivity contribution in [2.75, 3.05) is 45.7 Å². The number of hydrogen-bond donors (Lipinski definition) is 1. The van der Waals surface area contributed by atoms with Gasteiger partial charge in [-0.05, 0) is 45.9 Å². The lowest BCUT2D eigenvalue weighted by Gasteiger charge is -2.17. The Labute approximate surface area is 134 Å². The largest absolute Gasteiger partial charge is 0.351 e. The fourth-order valence-electron chi connectivity index (χ4n) is 2.18. The number of thiazole rings is 1. The average Bonchev–Trinajstić information content (AvgIpc) is 2.88. The van der Waals surface area contributed by atoms with E-state index in [2.05, 4.69) is 57.0 Å². The van der Waals surface area contributed by atoms with Gasteiger partial charge in [0.05, 0.1) is 5.69 Å². The van der Waals surface area contributed by atoms with E-state index in [9.17, 15) is 0 Å². The minimum absolute atomic E-state index is 0.541. The number of anilines is 1. The lowest BCUT2D eigenvalue weighted by atomic mass is 10.0. The average molecular weight is 313 g/mol. The molecule has 0 radical (unpaired) electrons. The van der Waals surface area contributed by atoms with E-state index in [1.54, 1.807) is 0 Å². The van der Waals surface area contributed by atoms with E-state index in [1.165, 1.54) is 17.0 Å². The molecule has 0 saturated heterocycles. The van der Waals surface area contributed by atoms with Gasteiger partial charge in [-0.25, -0.2) is 4.98 Å². The molecule has 21 heavy (non-hydrogen) atoms. The van der Waals surface area contributed by atoms with E-state index < -0.39 is 0 Å². The highest BCUT2D eigenvalue weighted by atomic mass is 32.1. The minimum atomic E-state index is 0.541. The van der Waals surface area contributed by atoms with Gasteiger partial charge in [0, 0.05) is 25.0 Å². The Morgan fingerprint density at radius 1 is 1.19 bits per heavy atom. The Kier molecular flexibility index (Phi) is 8.22. The van der Waals surface area contributed by atoms with Crippen molar-refractivity contribution in [3.8, 4) is 0 Å². The maximum absolute atomic E-state index is 4.92. The summed E-state index contributed by atoms with van der Waals surface area (Å²) in [7, 11) is 6.41. The predicted octanol–water partition coefficient (Wildman–Crippen LogP) is 3.15. The van der Waals surface area contributed by atoms with Crippen molar-refractivity contribution in [2.24, 2.45) is 0 Å². The fraction of sp³-hybridized carbons (Fsp3) is 0.812. The van der Waals surface area contributed by atoms with Crippen molar-refractivity contribution in [1.29, 1.82) is 0 Å². The molecule has 0 fully saturated rings. The van der Waals surface area contributed by atoms with Gasteiger partial charge in [-0.15, -0.1) is 11.3 Å². The highest BCUT2D eigenvalue weighted by Crippen LogP contribution is 2.31. The lowest BCUT2D eigenvalue weighted by Crippen LogP contribution is -2.23. The maximum atomic E-state index is 4.92. The third-order valence-corrected chi connectivity index (χ3v) is 4.94. The van der Waals surface area contributed by atoms with Crippen LogP contribution in [0.15, 0.2) is 0 Å². The van der Waals surface area contributed by atoms with Gasteiger partial charge in [0.1, 0.15) is 0 Å². The number of nitrogens with zero attached hydrogens (tertiary/aromatic N) is 3. The number of rotatable bonds is 10. The van der Waals surface area contributed by atoms with Gasteiger partial charge in [0.25, 0.3) is 0 Å². The molecule has 0 saturated carbocycles. The summed E-state index contributed by atoms with van der Waals surface area (Å²) in [6, 6.07) is 0. The van der Waals surface area contributed by atoms with Crippen LogP contribution in [-0.2, 0) is 6.54 Å². The van der Waals surface area contributed by atoms with Gasteiger partial charge >= 0.3 is 0 Å². The molecule has 122 valence electrons. The van der Waals surface area contributed by atoms with Crippen LogP contribution in [0.2, 0.25) is 0 Å². The van der Waals surface area contributed by atoms with Gasteiger partial charge in [-0.2, -0.15) is 0 Å². The molecule has 4 nitrogen and oxygen atoms in total. The van der Waals surface area contributed by atoms with Crippen molar-refractivity contribution in [3.63, 3.8) is 0 Å². The van der Waals surface area contributed by atoms with Crippen LogP contribution in [0.5, 0.6) is 0 Å². The molecule has 0 amide bonds. The molecule has 1 atom stereocenters. The zero-order chi connectivity index (χ0) is 15.8. The van der Waals surface area contributed by atoms with Gasteiger partial charge in [0.15, 0.2) is 5.13 Å². The Bertz CT molecular complexity index is 403. The summed E-state index contributed by atoms with van der Waals surface area (Å²) >= 11 is 1.85. The molecule has 1 aromatic heterocycles. The molecule has 1 unspecified atom stereocenters. The molecule has 0 bridgehead atoms. The van der Waals surface area contributed by atoms with E-state index in [4.69, 9.17) is 4.98 Å². The van der Waals surface area contributed by atoms with Crippen molar-refractivity contribution < 1.29 is 0 Å². The SMILES string of the molecule is CCNCc1sc(N(C)CCCN(C)C)nc1C(C)CC. The summed E-state index contributed by atoms with van der Waals surface area (Å²) < 4.78 is 0. The molecule has 0 spiro atoms. The Morgan fingerprint density at radius 3 is 2.48 bits per heavy atom. The molecule has 1 aromatic rings. The van der Waals surface area contributed by atoms with E-state index in [0.717, 1.165) is 37.7 Å². The summed E-state index contributed by atoms with van der Waals surface area (Å²) in [5.74, 6) is 0.541. The zero-order valence-corrected chi connectivity index (χ0v) is 15.4. The Balaban J connectivity index is 2.75. The maximum Gasteiger partial charge on any atom is 0.185 e. The van der Waals surface area contributed by atoms with Crippen LogP contribution in [0, 0.1) is 0 Å². The minimum Gasteiger partial charge on any atom is -0.351 e. The smallest absolute Gasteiger partial charge is 0.185 e. The first-order valence-electron chi connectivity index (χ1n) is 8.05. The normalized spacial score (nSPS) is 12.9. The summed E-state index contributed by atoms with van der Waals surface area (Å²) in [6.45, 7) is 10.8. The fourth-order valence-corrected chi connectivity index (χ4v) is 3.31. The quantitative estimate of drug-likeness (QED) is 0.719. The predicted molar refractivity (Wildman–Crippen MR) is 94.6 cm³/mol. The first-order valence-corrected chi connectivity index (χ1v) is 8.87. The summed E-state index contributed by atoms with van der Waals surface area (Å²) in [6.07, 6.45) is 2.32. The van der Waals surface area contributed by atoms with Gasteiger partial charge in [-0.1, -0.05) is 20.8 Å². The molecule has 1 rings (SSSR count). The lowest BCUT2D eigenvalue weighted by molar-refractivity contribution is 0.401. The standard InChI is InChI=1S/C16H32N4S/c1-7-13(3)15-14(12-17-8-2)21-16(18-15)20(6)11-9-10-19(4)5/h13,17H,7-12H2,1-6H3. The molecular weight excluding hydrogens is 280 g/mol. The monoisotopic (exact) mass is 312 g/mol. The highest BCUT2D eigenvalue weighted by molar-refractivity contribution is 7.15. The van der Waals surface area contributed by atoms with Crippen molar-refractivity contribution in [2.45, 2.75) is 46.1 Å². The second-order valence-electron chi connectivity index (χ2n) is 5.97. The van der Waals surface area contributed by atoms with Gasteiger partial charge in [-0.3, -0.25) is 0 Å². The number of aromatic nitrogens is 1. The Morgan fingerprint density at radius 2 is 1.90 bits per heavy atom. The van der Waals surface area contributed by atoms with Crippen molar-refractivity contribution >= 4 is 16.5 Å². The summed E-state index contributed by atoms with van der Waals surface area (Å²) in [5, 5.41) is 4.60. The molecule has 1 N–H and O–H groups in total. The van der Waals surface area contributed by atoms with Crippen LogP contribution >= 0.6 is 11.3 Å². The third kappa shape index (κ3) is 5.93. The summed E-state index contributed by atoms with van der Waals surface area (Å²) in [4.78, 5) is 10.9. The first-order chi connectivity index (χ1) is 9.99. The highest BCUT2D eigenvalue weighted by Gasteiger charge is 2.17.